The van der Waals surface area contributed by atoms with E-state index in [1.54, 1.807) is 54.3 Å². The molecule has 3 unspecified atom stereocenters. The molecule has 3 aromatic carbocycles. The van der Waals surface area contributed by atoms with Crippen LogP contribution in [0.1, 0.15) is 54.6 Å². The van der Waals surface area contributed by atoms with E-state index in [9.17, 15) is 14.7 Å². The van der Waals surface area contributed by atoms with E-state index in [0.29, 0.717) is 38.2 Å². The third-order valence-electron chi connectivity index (χ3n) is 7.04. The molecule has 0 spiro atoms. The van der Waals surface area contributed by atoms with E-state index >= 15 is 0 Å². The number of anilines is 3. The van der Waals surface area contributed by atoms with Crippen LogP contribution in [0.2, 0.25) is 15.1 Å². The van der Waals surface area contributed by atoms with Crippen molar-refractivity contribution in [1.29, 1.82) is 5.26 Å². The number of carbonyl (C=O) groups excluding carboxylic acids is 2. The number of nitriles is 1. The Hall–Kier alpha value is -2.74. The lowest BCUT2D eigenvalue weighted by molar-refractivity contribution is -0.164. The first kappa shape index (κ1) is 35.1. The highest BCUT2D eigenvalue weighted by Gasteiger charge is 2.67. The minimum atomic E-state index is -1.37. The van der Waals surface area contributed by atoms with Crippen LogP contribution in [-0.2, 0) is 9.53 Å². The smallest absolute Gasteiger partial charge is 0.257 e. The van der Waals surface area contributed by atoms with Crippen molar-refractivity contribution >= 4 is 86.9 Å². The fourth-order valence-electron chi connectivity index (χ4n) is 4.89. The van der Waals surface area contributed by atoms with E-state index in [-0.39, 0.29) is 23.6 Å². The van der Waals surface area contributed by atoms with Crippen LogP contribution in [0, 0.1) is 24.2 Å². The summed E-state index contributed by atoms with van der Waals surface area (Å²) in [6, 6.07) is 16.7. The molecule has 1 saturated carbocycles. The first-order chi connectivity index (χ1) is 21.0. The van der Waals surface area contributed by atoms with Gasteiger partial charge in [-0.1, -0.05) is 34.8 Å². The second-order valence-corrected chi connectivity index (χ2v) is 14.4. The number of ether oxygens (including phenoxy) is 1. The molecule has 0 radical (unpaired) electrons. The number of halogens is 5. The lowest BCUT2D eigenvalue weighted by Gasteiger charge is -2.34. The number of amides is 2. The minimum absolute atomic E-state index is 0.125. The molecule has 1 fully saturated rings. The van der Waals surface area contributed by atoms with Crippen LogP contribution in [-0.4, -0.2) is 39.8 Å². The topological polar surface area (TPSA) is 115 Å². The molecule has 13 heteroatoms. The van der Waals surface area contributed by atoms with Gasteiger partial charge in [0.15, 0.2) is 0 Å². The highest BCUT2D eigenvalue weighted by atomic mass is 35.5. The van der Waals surface area contributed by atoms with Gasteiger partial charge >= 0.3 is 0 Å². The highest BCUT2D eigenvalue weighted by Crippen LogP contribution is 2.65. The molecule has 3 N–H and O–H groups in total. The maximum Gasteiger partial charge on any atom is 0.257 e. The molecule has 0 bridgehead atoms. The quantitative estimate of drug-likeness (QED) is 0.143. The van der Waals surface area contributed by atoms with Gasteiger partial charge in [0.1, 0.15) is 4.33 Å². The highest BCUT2D eigenvalue weighted by molar-refractivity contribution is 6.53. The molecule has 3 aromatic rings. The van der Waals surface area contributed by atoms with Gasteiger partial charge in [-0.3, -0.25) is 9.59 Å². The maximum absolute atomic E-state index is 13.3. The zero-order chi connectivity index (χ0) is 33.3. The minimum Gasteiger partial charge on any atom is -0.351 e. The largest absolute Gasteiger partial charge is 0.351 e. The summed E-state index contributed by atoms with van der Waals surface area (Å²) in [4.78, 5) is 28.1. The summed E-state index contributed by atoms with van der Waals surface area (Å²) in [7, 11) is 0. The summed E-state index contributed by atoms with van der Waals surface area (Å²) in [5.41, 5.74) is 2.25. The number of hydrogen-bond acceptors (Lipinski definition) is 6. The van der Waals surface area contributed by atoms with E-state index in [1.807, 2.05) is 20.8 Å². The Labute approximate surface area is 287 Å². The lowest BCUT2D eigenvalue weighted by atomic mass is 10.1. The van der Waals surface area contributed by atoms with Crippen molar-refractivity contribution in [3.63, 3.8) is 0 Å². The van der Waals surface area contributed by atoms with Gasteiger partial charge in [0.2, 0.25) is 12.3 Å². The fraction of sp³-hybridized carbons (Fsp3) is 0.344. The zero-order valence-corrected chi connectivity index (χ0v) is 28.6. The Kier molecular flexibility index (Phi) is 10.9. The predicted octanol–water partition coefficient (Wildman–Crippen LogP) is 8.54. The van der Waals surface area contributed by atoms with Crippen LogP contribution in [0.15, 0.2) is 54.6 Å². The van der Waals surface area contributed by atoms with Gasteiger partial charge in [-0.2, -0.15) is 5.26 Å². The van der Waals surface area contributed by atoms with E-state index in [4.69, 9.17) is 68.0 Å². The first-order valence-electron chi connectivity index (χ1n) is 13.9. The van der Waals surface area contributed by atoms with Crippen molar-refractivity contribution in [2.24, 2.45) is 5.92 Å². The van der Waals surface area contributed by atoms with Gasteiger partial charge in [0.25, 0.3) is 5.91 Å². The molecule has 0 aromatic heterocycles. The second kappa shape index (κ2) is 13.9. The zero-order valence-electron chi connectivity index (χ0n) is 24.8. The van der Waals surface area contributed by atoms with E-state index in [2.05, 4.69) is 16.7 Å². The summed E-state index contributed by atoms with van der Waals surface area (Å²) in [6.07, 6.45) is -1.12. The van der Waals surface area contributed by atoms with Gasteiger partial charge in [-0.25, -0.2) is 0 Å². The van der Waals surface area contributed by atoms with Crippen molar-refractivity contribution in [3.8, 4) is 6.07 Å². The molecule has 8 nitrogen and oxygen atoms in total. The molecule has 0 heterocycles. The monoisotopic (exact) mass is 710 g/mol. The molecular weight excluding hydrogens is 682 g/mol. The number of carbonyl (C=O) groups is 2. The van der Waals surface area contributed by atoms with Crippen molar-refractivity contribution in [2.45, 2.75) is 56.4 Å². The second-order valence-electron chi connectivity index (χ2n) is 11.6. The average molecular weight is 713 g/mol. The molecule has 238 valence electrons. The lowest BCUT2D eigenvalue weighted by Crippen LogP contribution is -2.42. The normalized spacial score (nSPS) is 17.6. The van der Waals surface area contributed by atoms with Gasteiger partial charge in [-0.05, 0) is 93.4 Å². The van der Waals surface area contributed by atoms with E-state index in [1.165, 1.54) is 12.1 Å². The Morgan fingerprint density at radius 2 is 1.71 bits per heavy atom. The predicted molar refractivity (Wildman–Crippen MR) is 181 cm³/mol. The Bertz CT molecular complexity index is 1630. The Balaban J connectivity index is 1.49. The number of alkyl halides is 2. The van der Waals surface area contributed by atoms with Crippen LogP contribution in [0.3, 0.4) is 0 Å². The van der Waals surface area contributed by atoms with Crippen LogP contribution in [0.5, 0.6) is 0 Å². The summed E-state index contributed by atoms with van der Waals surface area (Å²) in [6.45, 7) is 7.47. The standard InChI is InChI=1S/C32H31Cl5N4O4/c1-17-12-22(41(11-5-10-38)30(44)45-31(2,3)4)7-9-25(17)40-28(42)23-16-21(6-8-24(23)35)39-29(43)27-26(32(27,36)37)18-13-19(33)15-20(34)14-18/h6-9,12-16,26-27,30,44H,5,11H2,1-4H3,(H,39,43)(H,40,42). The number of hydrogen-bond donors (Lipinski definition) is 3. The Morgan fingerprint density at radius 3 is 2.31 bits per heavy atom. The van der Waals surface area contributed by atoms with E-state index < -0.39 is 40.0 Å². The third-order valence-corrected chi connectivity index (χ3v) is 8.74. The van der Waals surface area contributed by atoms with Crippen LogP contribution in [0.25, 0.3) is 0 Å². The average Bonchev–Trinajstić information content (AvgIpc) is 3.51. The summed E-state index contributed by atoms with van der Waals surface area (Å²) >= 11 is 31.6. The summed E-state index contributed by atoms with van der Waals surface area (Å²) in [5.74, 6) is -2.27. The fourth-order valence-corrected chi connectivity index (χ4v) is 6.47. The van der Waals surface area contributed by atoms with Gasteiger partial charge in [-0.15, -0.1) is 23.2 Å². The molecule has 2 amide bonds. The van der Waals surface area contributed by atoms with Crippen LogP contribution in [0.4, 0.5) is 17.1 Å². The van der Waals surface area contributed by atoms with Crippen molar-refractivity contribution < 1.29 is 19.4 Å². The van der Waals surface area contributed by atoms with Crippen molar-refractivity contribution in [3.05, 3.63) is 86.4 Å². The number of rotatable bonds is 10. The SMILES string of the molecule is Cc1cc(N(CCC#N)C(O)OC(C)(C)C)ccc1NC(=O)c1cc(NC(=O)C2C(c3cc(Cl)cc(Cl)c3)C2(Cl)Cl)ccc1Cl. The molecule has 1 aliphatic carbocycles. The molecule has 3 atom stereocenters. The van der Waals surface area contributed by atoms with Gasteiger partial charge in [0, 0.05) is 39.6 Å². The first-order valence-corrected chi connectivity index (χ1v) is 15.8. The third kappa shape index (κ3) is 8.55. The van der Waals surface area contributed by atoms with Gasteiger partial charge < -0.3 is 25.4 Å². The molecule has 0 saturated heterocycles. The number of benzene rings is 3. The Morgan fingerprint density at radius 1 is 1.04 bits per heavy atom. The van der Waals surface area contributed by atoms with Crippen LogP contribution >= 0.6 is 58.0 Å². The number of nitrogens with one attached hydrogen (secondary N) is 2. The summed E-state index contributed by atoms with van der Waals surface area (Å²) < 4.78 is 4.33. The van der Waals surface area contributed by atoms with Crippen LogP contribution < -0.4 is 15.5 Å². The van der Waals surface area contributed by atoms with Crippen molar-refractivity contribution in [1.82, 2.24) is 0 Å². The van der Waals surface area contributed by atoms with E-state index in [0.717, 1.165) is 0 Å². The van der Waals surface area contributed by atoms with Crippen molar-refractivity contribution in [2.75, 3.05) is 22.1 Å². The van der Waals surface area contributed by atoms with Gasteiger partial charge in [0.05, 0.1) is 34.6 Å². The maximum atomic E-state index is 13.3. The molecule has 45 heavy (non-hydrogen) atoms. The molecular formula is C32H31Cl5N4O4. The number of aliphatic hydroxyl groups is 1. The summed E-state index contributed by atoms with van der Waals surface area (Å²) in [5, 5.41) is 26.4. The number of nitrogens with zero attached hydrogens (tertiary/aromatic N) is 2. The molecule has 1 aliphatic rings. The molecule has 4 rings (SSSR count). The molecule has 0 aliphatic heterocycles. The number of aliphatic hydroxyl groups excluding tert-OH is 1. The number of aryl methyl sites for hydroxylation is 1.